The van der Waals surface area contributed by atoms with E-state index in [2.05, 4.69) is 26.1 Å². The lowest BCUT2D eigenvalue weighted by Crippen LogP contribution is -2.29. The Morgan fingerprint density at radius 1 is 1.35 bits per heavy atom. The third-order valence-corrected chi connectivity index (χ3v) is 4.04. The Kier molecular flexibility index (Phi) is 5.44. The Hall–Kier alpha value is -0.570. The molecule has 0 aromatic rings. The Labute approximate surface area is 106 Å². The average molecular weight is 240 g/mol. The Morgan fingerprint density at radius 3 is 2.47 bits per heavy atom. The third-order valence-electron chi connectivity index (χ3n) is 4.04. The monoisotopic (exact) mass is 240 g/mol. The number of nitrogens with two attached hydrogens (primary N) is 1. The number of nitrogens with one attached hydrogen (secondary N) is 1. The molecule has 1 aliphatic carbocycles. The van der Waals surface area contributed by atoms with Gasteiger partial charge in [0.15, 0.2) is 0 Å². The normalized spacial score (nSPS) is 19.1. The van der Waals surface area contributed by atoms with Crippen molar-refractivity contribution in [1.82, 2.24) is 5.32 Å². The summed E-state index contributed by atoms with van der Waals surface area (Å²) in [5, 5.41) is 3.05. The summed E-state index contributed by atoms with van der Waals surface area (Å²) in [5.74, 6) is 1.41. The van der Waals surface area contributed by atoms with Crippen molar-refractivity contribution >= 4 is 5.91 Å². The molecule has 100 valence electrons. The van der Waals surface area contributed by atoms with Gasteiger partial charge in [-0.3, -0.25) is 4.79 Å². The van der Waals surface area contributed by atoms with E-state index in [4.69, 9.17) is 5.73 Å². The van der Waals surface area contributed by atoms with E-state index < -0.39 is 0 Å². The van der Waals surface area contributed by atoms with Gasteiger partial charge in [0.1, 0.15) is 0 Å². The van der Waals surface area contributed by atoms with Gasteiger partial charge in [-0.15, -0.1) is 0 Å². The van der Waals surface area contributed by atoms with Crippen molar-refractivity contribution in [3.8, 4) is 0 Å². The fraction of sp³-hybridized carbons (Fsp3) is 0.929. The van der Waals surface area contributed by atoms with Gasteiger partial charge in [0.2, 0.25) is 5.91 Å². The largest absolute Gasteiger partial charge is 0.356 e. The van der Waals surface area contributed by atoms with Crippen LogP contribution in [-0.4, -0.2) is 19.0 Å². The zero-order chi connectivity index (χ0) is 12.9. The molecule has 0 aromatic heterocycles. The lowest BCUT2D eigenvalue weighted by molar-refractivity contribution is -0.121. The minimum Gasteiger partial charge on any atom is -0.356 e. The molecule has 0 radical (unpaired) electrons. The summed E-state index contributed by atoms with van der Waals surface area (Å²) in [6.07, 6.45) is 5.17. The lowest BCUT2D eigenvalue weighted by Gasteiger charge is -2.20. The third kappa shape index (κ3) is 5.53. The molecule has 0 aromatic carbocycles. The van der Waals surface area contributed by atoms with Crippen molar-refractivity contribution in [2.45, 2.75) is 52.9 Å². The topological polar surface area (TPSA) is 55.1 Å². The lowest BCUT2D eigenvalue weighted by atomic mass is 9.88. The van der Waals surface area contributed by atoms with Crippen molar-refractivity contribution in [3.63, 3.8) is 0 Å². The maximum absolute atomic E-state index is 11.7. The van der Waals surface area contributed by atoms with E-state index in [0.717, 1.165) is 25.9 Å². The highest BCUT2D eigenvalue weighted by Gasteiger charge is 2.37. The van der Waals surface area contributed by atoms with Crippen LogP contribution in [0.15, 0.2) is 0 Å². The molecule has 3 N–H and O–H groups in total. The molecule has 3 heteroatoms. The summed E-state index contributed by atoms with van der Waals surface area (Å²) in [7, 11) is 0. The standard InChI is InChI=1S/C14H28N2O/c1-11(2)12(6-9-15)4-5-13(17)16-10-14(3)7-8-14/h11-12H,4-10,15H2,1-3H3,(H,16,17). The van der Waals surface area contributed by atoms with E-state index >= 15 is 0 Å². The van der Waals surface area contributed by atoms with Crippen molar-refractivity contribution < 1.29 is 4.79 Å². The Morgan fingerprint density at radius 2 is 2.00 bits per heavy atom. The number of rotatable bonds is 8. The van der Waals surface area contributed by atoms with Gasteiger partial charge in [-0.1, -0.05) is 20.8 Å². The predicted octanol–water partition coefficient (Wildman–Crippen LogP) is 2.30. The van der Waals surface area contributed by atoms with E-state index in [9.17, 15) is 4.79 Å². The number of hydrogen-bond donors (Lipinski definition) is 2. The number of carbonyl (C=O) groups is 1. The highest BCUT2D eigenvalue weighted by atomic mass is 16.1. The quantitative estimate of drug-likeness (QED) is 0.684. The first kappa shape index (κ1) is 14.5. The fourth-order valence-electron chi connectivity index (χ4n) is 2.13. The van der Waals surface area contributed by atoms with Crippen LogP contribution in [0.4, 0.5) is 0 Å². The smallest absolute Gasteiger partial charge is 0.220 e. The zero-order valence-corrected chi connectivity index (χ0v) is 11.6. The van der Waals surface area contributed by atoms with Gasteiger partial charge in [-0.25, -0.2) is 0 Å². The second kappa shape index (κ2) is 6.39. The Balaban J connectivity index is 2.16. The molecule has 0 aliphatic heterocycles. The highest BCUT2D eigenvalue weighted by molar-refractivity contribution is 5.75. The SMILES string of the molecule is CC(C)C(CCN)CCC(=O)NCC1(C)CC1. The van der Waals surface area contributed by atoms with Crippen LogP contribution >= 0.6 is 0 Å². The van der Waals surface area contributed by atoms with Crippen molar-refractivity contribution in [1.29, 1.82) is 0 Å². The molecule has 0 heterocycles. The van der Waals surface area contributed by atoms with Crippen LogP contribution < -0.4 is 11.1 Å². The van der Waals surface area contributed by atoms with Crippen LogP contribution in [0.5, 0.6) is 0 Å². The molecule has 1 amide bonds. The maximum Gasteiger partial charge on any atom is 0.220 e. The summed E-state index contributed by atoms with van der Waals surface area (Å²) in [4.78, 5) is 11.7. The fourth-order valence-corrected chi connectivity index (χ4v) is 2.13. The summed E-state index contributed by atoms with van der Waals surface area (Å²) in [5.41, 5.74) is 6.00. The summed E-state index contributed by atoms with van der Waals surface area (Å²) in [6.45, 7) is 8.24. The molecule has 0 spiro atoms. The highest BCUT2D eigenvalue weighted by Crippen LogP contribution is 2.44. The molecular weight excluding hydrogens is 212 g/mol. The van der Waals surface area contributed by atoms with Crippen molar-refractivity contribution in [2.24, 2.45) is 23.0 Å². The van der Waals surface area contributed by atoms with Crippen LogP contribution in [0.25, 0.3) is 0 Å². The van der Waals surface area contributed by atoms with Crippen LogP contribution in [0.2, 0.25) is 0 Å². The zero-order valence-electron chi connectivity index (χ0n) is 11.6. The molecule has 1 rings (SSSR count). The molecule has 1 atom stereocenters. The van der Waals surface area contributed by atoms with Gasteiger partial charge in [0, 0.05) is 13.0 Å². The maximum atomic E-state index is 11.7. The summed E-state index contributed by atoms with van der Waals surface area (Å²) in [6, 6.07) is 0. The van der Waals surface area contributed by atoms with Gasteiger partial charge in [-0.05, 0) is 49.5 Å². The summed E-state index contributed by atoms with van der Waals surface area (Å²) >= 11 is 0. The molecule has 1 unspecified atom stereocenters. The van der Waals surface area contributed by atoms with Gasteiger partial charge < -0.3 is 11.1 Å². The minimum atomic E-state index is 0.209. The van der Waals surface area contributed by atoms with Crippen LogP contribution in [0.3, 0.4) is 0 Å². The first-order valence-electron chi connectivity index (χ1n) is 6.93. The van der Waals surface area contributed by atoms with Gasteiger partial charge in [0.25, 0.3) is 0 Å². The van der Waals surface area contributed by atoms with Gasteiger partial charge in [0.05, 0.1) is 0 Å². The second-order valence-electron chi connectivity index (χ2n) is 6.21. The van der Waals surface area contributed by atoms with E-state index in [-0.39, 0.29) is 5.91 Å². The van der Waals surface area contributed by atoms with E-state index in [1.807, 2.05) is 0 Å². The van der Waals surface area contributed by atoms with Gasteiger partial charge >= 0.3 is 0 Å². The molecule has 3 nitrogen and oxygen atoms in total. The van der Waals surface area contributed by atoms with Gasteiger partial charge in [-0.2, -0.15) is 0 Å². The van der Waals surface area contributed by atoms with E-state index in [0.29, 0.717) is 23.7 Å². The molecule has 1 fully saturated rings. The molecule has 1 aliphatic rings. The summed E-state index contributed by atoms with van der Waals surface area (Å²) < 4.78 is 0. The molecular formula is C14H28N2O. The number of amides is 1. The second-order valence-corrected chi connectivity index (χ2v) is 6.21. The Bertz CT molecular complexity index is 247. The van der Waals surface area contributed by atoms with Crippen LogP contribution in [-0.2, 0) is 4.79 Å². The molecule has 17 heavy (non-hydrogen) atoms. The molecule has 0 saturated heterocycles. The predicted molar refractivity (Wildman–Crippen MR) is 71.6 cm³/mol. The average Bonchev–Trinajstić information content (AvgIpc) is 3.00. The first-order chi connectivity index (χ1) is 7.97. The van der Waals surface area contributed by atoms with E-state index in [1.165, 1.54) is 12.8 Å². The minimum absolute atomic E-state index is 0.209. The first-order valence-corrected chi connectivity index (χ1v) is 6.93. The van der Waals surface area contributed by atoms with Crippen LogP contribution in [0.1, 0.15) is 52.9 Å². The number of carbonyl (C=O) groups excluding carboxylic acids is 1. The van der Waals surface area contributed by atoms with Crippen LogP contribution in [0, 0.1) is 17.3 Å². The molecule has 0 bridgehead atoms. The molecule has 1 saturated carbocycles. The van der Waals surface area contributed by atoms with E-state index in [1.54, 1.807) is 0 Å². The van der Waals surface area contributed by atoms with Crippen molar-refractivity contribution in [2.75, 3.05) is 13.1 Å². The number of hydrogen-bond acceptors (Lipinski definition) is 2. The van der Waals surface area contributed by atoms with Crippen molar-refractivity contribution in [3.05, 3.63) is 0 Å².